The molecule has 3 atom stereocenters. The third-order valence-corrected chi connectivity index (χ3v) is 9.13. The summed E-state index contributed by atoms with van der Waals surface area (Å²) in [6.45, 7) is 7.60. The molecule has 6 rings (SSSR count). The number of carbonyl (C=O) groups excluding carboxylic acids is 1. The Morgan fingerprint density at radius 2 is 2.00 bits per heavy atom. The molecule has 2 fully saturated rings. The number of hydrogen-bond donors (Lipinski definition) is 0. The molecule has 224 valence electrons. The summed E-state index contributed by atoms with van der Waals surface area (Å²) in [6.07, 6.45) is 6.30. The molecule has 0 N–H and O–H groups in total. The summed E-state index contributed by atoms with van der Waals surface area (Å²) in [7, 11) is 2.14. The molecule has 0 radical (unpaired) electrons. The standard InChI is InChI=1S/C34H40N6O3/c1-4-8-31(41)40-18-17-39(20-25(40)14-15-35)33-28-22-42-30(27-13-6-11-24-10-5-9-23(2)32(24)27)19-29(28)36-34(37-33)43-21-26-12-7-16-38(26)3/h4-6,8-11,13,25-26,30H,7,12,14,16-22H2,1-3H3/b8-4+/t25-,26-,30?/m0/s1. The molecule has 3 aromatic rings. The number of fused-ring (bicyclic) bond motifs is 2. The molecule has 1 aromatic heterocycles. The average Bonchev–Trinajstić information content (AvgIpc) is 3.43. The zero-order valence-corrected chi connectivity index (χ0v) is 25.3. The molecule has 0 saturated carbocycles. The smallest absolute Gasteiger partial charge is 0.318 e. The van der Waals surface area contributed by atoms with Gasteiger partial charge in [0.05, 0.1) is 36.9 Å². The van der Waals surface area contributed by atoms with Gasteiger partial charge in [0.2, 0.25) is 5.91 Å². The molecule has 0 spiro atoms. The van der Waals surface area contributed by atoms with Crippen LogP contribution in [-0.2, 0) is 22.6 Å². The van der Waals surface area contributed by atoms with Crippen molar-refractivity contribution in [2.45, 2.75) is 64.3 Å². The van der Waals surface area contributed by atoms with Crippen molar-refractivity contribution in [2.24, 2.45) is 0 Å². The molecular formula is C34H40N6O3. The molecule has 9 nitrogen and oxygen atoms in total. The maximum atomic E-state index is 12.8. The quantitative estimate of drug-likeness (QED) is 0.370. The molecule has 2 aromatic carbocycles. The number of allylic oxidation sites excluding steroid dienone is 1. The summed E-state index contributed by atoms with van der Waals surface area (Å²) in [5, 5.41) is 12.0. The molecule has 1 unspecified atom stereocenters. The number of carbonyl (C=O) groups is 1. The van der Waals surface area contributed by atoms with Gasteiger partial charge in [-0.2, -0.15) is 15.2 Å². The Morgan fingerprint density at radius 1 is 1.16 bits per heavy atom. The SMILES string of the molecule is C/C=C/C(=O)N1CCN(c2nc(OC[C@@H]3CCCN3C)nc3c2COC(c2cccc4cccc(C)c24)C3)C[C@@H]1CC#N. The summed E-state index contributed by atoms with van der Waals surface area (Å²) >= 11 is 0. The minimum Gasteiger partial charge on any atom is -0.462 e. The lowest BCUT2D eigenvalue weighted by Gasteiger charge is -2.42. The van der Waals surface area contributed by atoms with Crippen molar-refractivity contribution in [2.75, 3.05) is 44.7 Å². The number of aryl methyl sites for hydroxylation is 1. The Kier molecular flexibility index (Phi) is 8.59. The van der Waals surface area contributed by atoms with Gasteiger partial charge in [-0.1, -0.05) is 42.5 Å². The largest absolute Gasteiger partial charge is 0.462 e. The first kappa shape index (κ1) is 29.1. The number of likely N-dealkylation sites (tertiary alicyclic amines) is 1. The van der Waals surface area contributed by atoms with Crippen molar-refractivity contribution in [1.29, 1.82) is 5.26 Å². The molecule has 3 aliphatic rings. The first-order valence-electron chi connectivity index (χ1n) is 15.3. The van der Waals surface area contributed by atoms with E-state index in [1.165, 1.54) is 28.3 Å². The number of nitriles is 1. The van der Waals surface area contributed by atoms with Crippen LogP contribution in [0, 0.1) is 18.3 Å². The predicted octanol–water partition coefficient (Wildman–Crippen LogP) is 4.73. The Balaban J connectivity index is 1.33. The van der Waals surface area contributed by atoms with Gasteiger partial charge in [0.1, 0.15) is 12.4 Å². The predicted molar refractivity (Wildman–Crippen MR) is 166 cm³/mol. The van der Waals surface area contributed by atoms with Crippen LogP contribution in [0.1, 0.15) is 54.7 Å². The lowest BCUT2D eigenvalue weighted by Crippen LogP contribution is -2.55. The van der Waals surface area contributed by atoms with Crippen LogP contribution < -0.4 is 9.64 Å². The highest BCUT2D eigenvalue weighted by Gasteiger charge is 2.34. The Bertz CT molecular complexity index is 1560. The summed E-state index contributed by atoms with van der Waals surface area (Å²) < 4.78 is 12.9. The van der Waals surface area contributed by atoms with Crippen LogP contribution in [0.2, 0.25) is 0 Å². The molecule has 0 aliphatic carbocycles. The molecule has 9 heteroatoms. The van der Waals surface area contributed by atoms with Gasteiger partial charge in [-0.25, -0.2) is 0 Å². The molecule has 3 aliphatic heterocycles. The second kappa shape index (κ2) is 12.7. The third-order valence-electron chi connectivity index (χ3n) is 9.13. The normalized spacial score (nSPS) is 22.6. The highest BCUT2D eigenvalue weighted by atomic mass is 16.5. The summed E-state index contributed by atoms with van der Waals surface area (Å²) in [4.78, 5) is 29.0. The van der Waals surface area contributed by atoms with E-state index in [2.05, 4.69) is 66.2 Å². The van der Waals surface area contributed by atoms with Gasteiger partial charge in [0, 0.05) is 37.7 Å². The summed E-state index contributed by atoms with van der Waals surface area (Å²) in [5.41, 5.74) is 4.29. The zero-order chi connectivity index (χ0) is 29.9. The lowest BCUT2D eigenvalue weighted by molar-refractivity contribution is -0.128. The first-order valence-corrected chi connectivity index (χ1v) is 15.3. The second-order valence-corrected chi connectivity index (χ2v) is 11.9. The fourth-order valence-corrected chi connectivity index (χ4v) is 6.80. The monoisotopic (exact) mass is 580 g/mol. The maximum Gasteiger partial charge on any atom is 0.318 e. The molecular weight excluding hydrogens is 540 g/mol. The van der Waals surface area contributed by atoms with Crippen molar-refractivity contribution >= 4 is 22.5 Å². The van der Waals surface area contributed by atoms with Crippen molar-refractivity contribution in [3.05, 3.63) is 70.9 Å². The number of nitrogens with zero attached hydrogens (tertiary/aromatic N) is 6. The van der Waals surface area contributed by atoms with Crippen LogP contribution in [0.25, 0.3) is 10.8 Å². The first-order chi connectivity index (χ1) is 21.0. The number of piperazine rings is 1. The van der Waals surface area contributed by atoms with Crippen LogP contribution in [0.5, 0.6) is 6.01 Å². The average molecular weight is 581 g/mol. The van der Waals surface area contributed by atoms with Gasteiger partial charge in [-0.3, -0.25) is 4.79 Å². The van der Waals surface area contributed by atoms with E-state index in [-0.39, 0.29) is 24.5 Å². The number of ether oxygens (including phenoxy) is 2. The van der Waals surface area contributed by atoms with Gasteiger partial charge in [0.25, 0.3) is 0 Å². The molecule has 2 saturated heterocycles. The van der Waals surface area contributed by atoms with Gasteiger partial charge >= 0.3 is 6.01 Å². The van der Waals surface area contributed by atoms with E-state index in [0.717, 1.165) is 30.0 Å². The van der Waals surface area contributed by atoms with Crippen LogP contribution >= 0.6 is 0 Å². The van der Waals surface area contributed by atoms with E-state index < -0.39 is 0 Å². The van der Waals surface area contributed by atoms with Gasteiger partial charge < -0.3 is 24.2 Å². The van der Waals surface area contributed by atoms with Gasteiger partial charge in [0.15, 0.2) is 0 Å². The van der Waals surface area contributed by atoms with E-state index >= 15 is 0 Å². The van der Waals surface area contributed by atoms with E-state index in [4.69, 9.17) is 19.4 Å². The fourth-order valence-electron chi connectivity index (χ4n) is 6.80. The van der Waals surface area contributed by atoms with Gasteiger partial charge in [-0.15, -0.1) is 0 Å². The fraction of sp³-hybridized carbons (Fsp3) is 0.471. The highest BCUT2D eigenvalue weighted by molar-refractivity contribution is 5.89. The van der Waals surface area contributed by atoms with Crippen LogP contribution in [0.3, 0.4) is 0 Å². The lowest BCUT2D eigenvalue weighted by atomic mass is 9.92. The number of rotatable bonds is 7. The maximum absolute atomic E-state index is 12.8. The van der Waals surface area contributed by atoms with Crippen LogP contribution in [-0.4, -0.2) is 77.6 Å². The topological polar surface area (TPSA) is 94.8 Å². The number of amides is 1. The van der Waals surface area contributed by atoms with Gasteiger partial charge in [-0.05, 0) is 68.3 Å². The number of benzene rings is 2. The molecule has 0 bridgehead atoms. The Morgan fingerprint density at radius 3 is 2.77 bits per heavy atom. The zero-order valence-electron chi connectivity index (χ0n) is 25.3. The van der Waals surface area contributed by atoms with E-state index in [9.17, 15) is 10.1 Å². The van der Waals surface area contributed by atoms with Crippen molar-refractivity contribution < 1.29 is 14.3 Å². The van der Waals surface area contributed by atoms with E-state index in [1.54, 1.807) is 17.1 Å². The van der Waals surface area contributed by atoms with Crippen molar-refractivity contribution in [1.82, 2.24) is 19.8 Å². The van der Waals surface area contributed by atoms with Crippen LogP contribution in [0.4, 0.5) is 5.82 Å². The number of anilines is 1. The van der Waals surface area contributed by atoms with E-state index in [0.29, 0.717) is 51.3 Å². The minimum absolute atomic E-state index is 0.0617. The van der Waals surface area contributed by atoms with E-state index in [1.807, 2.05) is 6.92 Å². The Labute approximate surface area is 253 Å². The number of likely N-dealkylation sites (N-methyl/N-ethyl adjacent to an activating group) is 1. The van der Waals surface area contributed by atoms with Crippen molar-refractivity contribution in [3.8, 4) is 12.1 Å². The number of hydrogen-bond acceptors (Lipinski definition) is 8. The summed E-state index contributed by atoms with van der Waals surface area (Å²) in [5.74, 6) is 0.724. The minimum atomic E-state index is -0.236. The van der Waals surface area contributed by atoms with Crippen LogP contribution in [0.15, 0.2) is 48.6 Å². The van der Waals surface area contributed by atoms with Crippen molar-refractivity contribution in [3.63, 3.8) is 0 Å². The second-order valence-electron chi connectivity index (χ2n) is 11.9. The highest BCUT2D eigenvalue weighted by Crippen LogP contribution is 2.38. The third kappa shape index (κ3) is 5.95. The Hall–Kier alpha value is -4.00. The molecule has 43 heavy (non-hydrogen) atoms. The number of aromatic nitrogens is 2. The molecule has 1 amide bonds. The summed E-state index contributed by atoms with van der Waals surface area (Å²) in [6, 6.07) is 15.6. The molecule has 4 heterocycles.